The lowest BCUT2D eigenvalue weighted by Gasteiger charge is -2.14. The second-order valence-electron chi connectivity index (χ2n) is 3.50. The number of terminal acetylenes is 1. The Balaban J connectivity index is 3.84. The third kappa shape index (κ3) is 4.92. The largest absolute Gasteiger partial charge is 0.330 e. The van der Waals surface area contributed by atoms with Gasteiger partial charge in [0.1, 0.15) is 0 Å². The summed E-state index contributed by atoms with van der Waals surface area (Å²) in [6.45, 7) is 4.78. The minimum atomic E-state index is -0.133. The molecular weight excluding hydrogens is 150 g/mol. The van der Waals surface area contributed by atoms with E-state index in [0.717, 1.165) is 6.42 Å². The highest BCUT2D eigenvalue weighted by Crippen LogP contribution is 2.13. The maximum atomic E-state index is 10.9. The lowest BCUT2D eigenvalue weighted by Crippen LogP contribution is -2.19. The van der Waals surface area contributed by atoms with Gasteiger partial charge in [-0.1, -0.05) is 13.8 Å². The van der Waals surface area contributed by atoms with Crippen molar-refractivity contribution in [3.05, 3.63) is 0 Å². The van der Waals surface area contributed by atoms with Crippen LogP contribution >= 0.6 is 0 Å². The van der Waals surface area contributed by atoms with Crippen molar-refractivity contribution in [2.24, 2.45) is 17.6 Å². The van der Waals surface area contributed by atoms with Crippen molar-refractivity contribution >= 4 is 5.78 Å². The molecule has 0 aromatic rings. The molecule has 0 saturated carbocycles. The molecule has 68 valence electrons. The molecule has 2 N–H and O–H groups in total. The van der Waals surface area contributed by atoms with Crippen LogP contribution in [0.4, 0.5) is 0 Å². The summed E-state index contributed by atoms with van der Waals surface area (Å²) >= 11 is 0. The summed E-state index contributed by atoms with van der Waals surface area (Å²) in [7, 11) is 0. The van der Waals surface area contributed by atoms with Gasteiger partial charge in [0.2, 0.25) is 5.78 Å². The molecule has 1 atom stereocenters. The average molecular weight is 167 g/mol. The second kappa shape index (κ2) is 5.79. The number of carbonyl (C=O) groups is 1. The van der Waals surface area contributed by atoms with Gasteiger partial charge in [-0.3, -0.25) is 4.79 Å². The molecule has 0 amide bonds. The Bertz CT molecular complexity index is 179. The molecule has 2 heteroatoms. The summed E-state index contributed by atoms with van der Waals surface area (Å²) in [5.41, 5.74) is 5.50. The van der Waals surface area contributed by atoms with Crippen LogP contribution in [0.25, 0.3) is 0 Å². The number of ketones is 1. The van der Waals surface area contributed by atoms with Gasteiger partial charge < -0.3 is 5.73 Å². The molecule has 0 spiro atoms. The Morgan fingerprint density at radius 2 is 2.17 bits per heavy atom. The summed E-state index contributed by atoms with van der Waals surface area (Å²) in [4.78, 5) is 10.9. The van der Waals surface area contributed by atoms with E-state index >= 15 is 0 Å². The first-order valence-corrected chi connectivity index (χ1v) is 4.29. The van der Waals surface area contributed by atoms with Gasteiger partial charge >= 0.3 is 0 Å². The maximum absolute atomic E-state index is 10.9. The molecule has 0 heterocycles. The van der Waals surface area contributed by atoms with E-state index in [0.29, 0.717) is 18.9 Å². The average Bonchev–Trinajstić information content (AvgIpc) is 2.02. The third-order valence-corrected chi connectivity index (χ3v) is 1.77. The molecule has 0 bridgehead atoms. The van der Waals surface area contributed by atoms with Crippen LogP contribution in [-0.4, -0.2) is 12.3 Å². The molecule has 12 heavy (non-hydrogen) atoms. The topological polar surface area (TPSA) is 43.1 Å². The van der Waals surface area contributed by atoms with Gasteiger partial charge in [-0.2, -0.15) is 0 Å². The van der Waals surface area contributed by atoms with E-state index in [1.165, 1.54) is 0 Å². The Morgan fingerprint density at radius 1 is 1.58 bits per heavy atom. The lowest BCUT2D eigenvalue weighted by molar-refractivity contribution is -0.114. The van der Waals surface area contributed by atoms with Crippen molar-refractivity contribution < 1.29 is 4.79 Å². The van der Waals surface area contributed by atoms with Crippen LogP contribution in [0.1, 0.15) is 26.7 Å². The van der Waals surface area contributed by atoms with Gasteiger partial charge in [0.05, 0.1) is 0 Å². The molecule has 0 aliphatic rings. The minimum Gasteiger partial charge on any atom is -0.330 e. The molecular formula is C10H17NO. The van der Waals surface area contributed by atoms with Gasteiger partial charge in [-0.05, 0) is 30.7 Å². The van der Waals surface area contributed by atoms with Crippen LogP contribution in [0, 0.1) is 24.2 Å². The molecule has 1 unspecified atom stereocenters. The Kier molecular flexibility index (Phi) is 5.40. The number of carbonyl (C=O) groups excluding carboxylic acids is 1. The standard InChI is InChI=1S/C10H17NO/c1-4-10(12)6-9(7-11)5-8(2)3/h1,8-9H,5-7,11H2,2-3H3. The van der Waals surface area contributed by atoms with Crippen LogP contribution in [0.15, 0.2) is 0 Å². The van der Waals surface area contributed by atoms with E-state index in [-0.39, 0.29) is 11.7 Å². The summed E-state index contributed by atoms with van der Waals surface area (Å²) in [5, 5.41) is 0. The zero-order valence-electron chi connectivity index (χ0n) is 7.84. The molecule has 0 aliphatic carbocycles. The lowest BCUT2D eigenvalue weighted by atomic mass is 9.93. The van der Waals surface area contributed by atoms with Gasteiger partial charge in [-0.25, -0.2) is 0 Å². The Labute approximate surface area is 74.5 Å². The second-order valence-corrected chi connectivity index (χ2v) is 3.50. The normalized spacial score (nSPS) is 12.6. The van der Waals surface area contributed by atoms with Crippen molar-refractivity contribution in [1.29, 1.82) is 0 Å². The molecule has 0 aromatic heterocycles. The van der Waals surface area contributed by atoms with Crippen molar-refractivity contribution in [3.63, 3.8) is 0 Å². The number of hydrogen-bond acceptors (Lipinski definition) is 2. The quantitative estimate of drug-likeness (QED) is 0.494. The van der Waals surface area contributed by atoms with Gasteiger partial charge in [0.25, 0.3) is 0 Å². The molecule has 0 fully saturated rings. The molecule has 0 aromatic carbocycles. The van der Waals surface area contributed by atoms with Crippen LogP contribution in [0.2, 0.25) is 0 Å². The van der Waals surface area contributed by atoms with Crippen LogP contribution < -0.4 is 5.73 Å². The number of rotatable bonds is 5. The summed E-state index contributed by atoms with van der Waals surface area (Å²) in [6, 6.07) is 0. The minimum absolute atomic E-state index is 0.133. The van der Waals surface area contributed by atoms with Gasteiger partial charge in [0.15, 0.2) is 0 Å². The van der Waals surface area contributed by atoms with Gasteiger partial charge in [-0.15, -0.1) is 6.42 Å². The van der Waals surface area contributed by atoms with Crippen molar-refractivity contribution in [2.45, 2.75) is 26.7 Å². The van der Waals surface area contributed by atoms with Gasteiger partial charge in [0, 0.05) is 6.42 Å². The highest BCUT2D eigenvalue weighted by Gasteiger charge is 2.12. The Hall–Kier alpha value is -0.810. The number of hydrogen-bond donors (Lipinski definition) is 1. The maximum Gasteiger partial charge on any atom is 0.205 e. The summed E-state index contributed by atoms with van der Waals surface area (Å²) in [5.74, 6) is 2.81. The first-order valence-electron chi connectivity index (χ1n) is 4.29. The van der Waals surface area contributed by atoms with E-state index in [1.807, 2.05) is 0 Å². The number of Topliss-reactive ketones (excluding diaryl/α,β-unsaturated/α-hetero) is 1. The number of nitrogens with two attached hydrogens (primary N) is 1. The zero-order valence-corrected chi connectivity index (χ0v) is 7.84. The molecule has 0 aliphatic heterocycles. The smallest absolute Gasteiger partial charge is 0.205 e. The van der Waals surface area contributed by atoms with E-state index < -0.39 is 0 Å². The first-order chi connectivity index (χ1) is 5.60. The van der Waals surface area contributed by atoms with E-state index in [4.69, 9.17) is 12.2 Å². The van der Waals surface area contributed by atoms with Crippen LogP contribution in [0.3, 0.4) is 0 Å². The van der Waals surface area contributed by atoms with Crippen molar-refractivity contribution in [2.75, 3.05) is 6.54 Å². The Morgan fingerprint density at radius 3 is 2.50 bits per heavy atom. The van der Waals surface area contributed by atoms with Crippen molar-refractivity contribution in [3.8, 4) is 12.3 Å². The van der Waals surface area contributed by atoms with E-state index in [9.17, 15) is 4.79 Å². The highest BCUT2D eigenvalue weighted by molar-refractivity contribution is 5.94. The molecule has 2 nitrogen and oxygen atoms in total. The summed E-state index contributed by atoms with van der Waals surface area (Å²) < 4.78 is 0. The van der Waals surface area contributed by atoms with Crippen LogP contribution in [-0.2, 0) is 4.79 Å². The molecule has 0 rings (SSSR count). The first kappa shape index (κ1) is 11.2. The van der Waals surface area contributed by atoms with Crippen LogP contribution in [0.5, 0.6) is 0 Å². The third-order valence-electron chi connectivity index (χ3n) is 1.77. The molecule has 0 saturated heterocycles. The predicted octanol–water partition coefficient (Wildman–Crippen LogP) is 1.20. The van der Waals surface area contributed by atoms with E-state index in [2.05, 4.69) is 19.8 Å². The zero-order chi connectivity index (χ0) is 9.56. The SMILES string of the molecule is C#CC(=O)CC(CN)CC(C)C. The summed E-state index contributed by atoms with van der Waals surface area (Å²) in [6.07, 6.45) is 6.38. The van der Waals surface area contributed by atoms with Crippen molar-refractivity contribution in [1.82, 2.24) is 0 Å². The predicted molar refractivity (Wildman–Crippen MR) is 50.5 cm³/mol. The van der Waals surface area contributed by atoms with E-state index in [1.54, 1.807) is 0 Å². The molecule has 0 radical (unpaired) electrons. The fourth-order valence-electron chi connectivity index (χ4n) is 1.25. The fraction of sp³-hybridized carbons (Fsp3) is 0.700. The highest BCUT2D eigenvalue weighted by atomic mass is 16.1. The fourth-order valence-corrected chi connectivity index (χ4v) is 1.25. The monoisotopic (exact) mass is 167 g/mol.